The molecule has 0 atom stereocenters. The molecule has 0 saturated carbocycles. The van der Waals surface area contributed by atoms with Crippen molar-refractivity contribution in [3.05, 3.63) is 76.5 Å². The van der Waals surface area contributed by atoms with Gasteiger partial charge in [-0.15, -0.1) is 21.5 Å². The number of ketones is 1. The SMILES string of the molecule is COc1cccc(-c2nnc(SCC(=O)c3ccc(C)s3)n2-c2ccccc2)c1. The Morgan fingerprint density at radius 2 is 1.90 bits per heavy atom. The molecule has 4 rings (SSSR count). The fourth-order valence-corrected chi connectivity index (χ4v) is 4.64. The van der Waals surface area contributed by atoms with Crippen LogP contribution in [-0.4, -0.2) is 33.4 Å². The summed E-state index contributed by atoms with van der Waals surface area (Å²) >= 11 is 2.91. The van der Waals surface area contributed by atoms with E-state index in [2.05, 4.69) is 10.2 Å². The molecule has 0 bridgehead atoms. The van der Waals surface area contributed by atoms with E-state index in [1.54, 1.807) is 7.11 Å². The summed E-state index contributed by atoms with van der Waals surface area (Å²) in [7, 11) is 1.64. The lowest BCUT2D eigenvalue weighted by atomic mass is 10.2. The van der Waals surface area contributed by atoms with E-state index in [-0.39, 0.29) is 5.78 Å². The van der Waals surface area contributed by atoms with Crippen LogP contribution < -0.4 is 4.74 Å². The van der Waals surface area contributed by atoms with Crippen molar-refractivity contribution in [3.8, 4) is 22.8 Å². The zero-order chi connectivity index (χ0) is 20.2. The van der Waals surface area contributed by atoms with Crippen LogP contribution in [0.5, 0.6) is 5.75 Å². The van der Waals surface area contributed by atoms with Gasteiger partial charge in [-0.05, 0) is 43.3 Å². The summed E-state index contributed by atoms with van der Waals surface area (Å²) in [4.78, 5) is 14.5. The number of carbonyl (C=O) groups excluding carboxylic acids is 1. The van der Waals surface area contributed by atoms with E-state index in [1.165, 1.54) is 23.1 Å². The molecule has 0 aliphatic heterocycles. The van der Waals surface area contributed by atoms with Crippen molar-refractivity contribution in [3.63, 3.8) is 0 Å². The Bertz CT molecular complexity index is 1140. The van der Waals surface area contributed by atoms with Gasteiger partial charge in [-0.1, -0.05) is 42.1 Å². The fourth-order valence-electron chi connectivity index (χ4n) is 2.91. The van der Waals surface area contributed by atoms with Gasteiger partial charge in [0.25, 0.3) is 0 Å². The number of hydrogen-bond acceptors (Lipinski definition) is 6. The van der Waals surface area contributed by atoms with Crippen molar-refractivity contribution >= 4 is 28.9 Å². The quantitative estimate of drug-likeness (QED) is 0.300. The zero-order valence-corrected chi connectivity index (χ0v) is 17.7. The second kappa shape index (κ2) is 8.63. The predicted octanol–water partition coefficient (Wildman–Crippen LogP) is 5.29. The van der Waals surface area contributed by atoms with Crippen LogP contribution in [0, 0.1) is 6.92 Å². The number of aryl methyl sites for hydroxylation is 1. The number of rotatable bonds is 7. The van der Waals surface area contributed by atoms with Crippen molar-refractivity contribution in [1.29, 1.82) is 0 Å². The molecule has 29 heavy (non-hydrogen) atoms. The van der Waals surface area contributed by atoms with E-state index in [0.29, 0.717) is 16.7 Å². The largest absolute Gasteiger partial charge is 0.497 e. The van der Waals surface area contributed by atoms with Crippen LogP contribution >= 0.6 is 23.1 Å². The van der Waals surface area contributed by atoms with Gasteiger partial charge in [-0.3, -0.25) is 9.36 Å². The zero-order valence-electron chi connectivity index (χ0n) is 16.0. The van der Waals surface area contributed by atoms with Crippen molar-refractivity contribution in [2.24, 2.45) is 0 Å². The molecular weight excluding hydrogens is 402 g/mol. The van der Waals surface area contributed by atoms with Crippen molar-refractivity contribution < 1.29 is 9.53 Å². The molecule has 2 heterocycles. The van der Waals surface area contributed by atoms with Crippen LogP contribution in [0.15, 0.2) is 71.9 Å². The Morgan fingerprint density at radius 1 is 1.07 bits per heavy atom. The summed E-state index contributed by atoms with van der Waals surface area (Å²) in [5.41, 5.74) is 1.84. The average molecular weight is 422 g/mol. The molecule has 4 aromatic rings. The van der Waals surface area contributed by atoms with Gasteiger partial charge >= 0.3 is 0 Å². The molecule has 0 unspecified atom stereocenters. The maximum atomic E-state index is 12.6. The minimum atomic E-state index is 0.0960. The molecule has 146 valence electrons. The molecule has 0 saturated heterocycles. The highest BCUT2D eigenvalue weighted by atomic mass is 32.2. The Labute approximate surface area is 177 Å². The molecule has 0 fully saturated rings. The monoisotopic (exact) mass is 421 g/mol. The first kappa shape index (κ1) is 19.4. The van der Waals surface area contributed by atoms with Gasteiger partial charge in [-0.2, -0.15) is 0 Å². The Morgan fingerprint density at radius 3 is 2.62 bits per heavy atom. The summed E-state index contributed by atoms with van der Waals surface area (Å²) in [5.74, 6) is 1.86. The number of hydrogen-bond donors (Lipinski definition) is 0. The minimum Gasteiger partial charge on any atom is -0.497 e. The highest BCUT2D eigenvalue weighted by molar-refractivity contribution is 7.99. The number of aromatic nitrogens is 3. The smallest absolute Gasteiger partial charge is 0.196 e. The van der Waals surface area contributed by atoms with Gasteiger partial charge in [0.1, 0.15) is 5.75 Å². The number of benzene rings is 2. The summed E-state index contributed by atoms with van der Waals surface area (Å²) in [5, 5.41) is 9.48. The minimum absolute atomic E-state index is 0.0960. The lowest BCUT2D eigenvalue weighted by Crippen LogP contribution is -2.03. The predicted molar refractivity (Wildman–Crippen MR) is 117 cm³/mol. The van der Waals surface area contributed by atoms with Crippen LogP contribution in [-0.2, 0) is 0 Å². The number of para-hydroxylation sites is 1. The van der Waals surface area contributed by atoms with Gasteiger partial charge in [-0.25, -0.2) is 0 Å². The Kier molecular flexibility index (Phi) is 5.78. The average Bonchev–Trinajstić information content (AvgIpc) is 3.39. The van der Waals surface area contributed by atoms with Gasteiger partial charge < -0.3 is 4.74 Å². The number of nitrogens with zero attached hydrogens (tertiary/aromatic N) is 3. The Hall–Kier alpha value is -2.90. The maximum Gasteiger partial charge on any atom is 0.196 e. The molecule has 0 aliphatic carbocycles. The van der Waals surface area contributed by atoms with E-state index in [4.69, 9.17) is 4.74 Å². The third-order valence-corrected chi connectivity index (χ3v) is 6.29. The summed E-state index contributed by atoms with van der Waals surface area (Å²) in [6, 6.07) is 21.5. The third kappa shape index (κ3) is 4.26. The molecule has 0 aliphatic rings. The Balaban J connectivity index is 1.69. The molecular formula is C22H19N3O2S2. The standard InChI is InChI=1S/C22H19N3O2S2/c1-15-11-12-20(29-15)19(26)14-28-22-24-23-21(16-7-6-10-18(13-16)27-2)25(22)17-8-4-3-5-9-17/h3-13H,14H2,1-2H3. The molecule has 0 N–H and O–H groups in total. The molecule has 0 spiro atoms. The van der Waals surface area contributed by atoms with Crippen molar-refractivity contribution in [2.45, 2.75) is 12.1 Å². The normalized spacial score (nSPS) is 10.8. The lowest BCUT2D eigenvalue weighted by molar-refractivity contribution is 0.102. The van der Waals surface area contributed by atoms with Crippen LogP contribution in [0.25, 0.3) is 17.1 Å². The molecule has 0 radical (unpaired) electrons. The maximum absolute atomic E-state index is 12.6. The first-order chi connectivity index (χ1) is 14.2. The number of methoxy groups -OCH3 is 1. The van der Waals surface area contributed by atoms with Crippen LogP contribution in [0.1, 0.15) is 14.5 Å². The van der Waals surface area contributed by atoms with Gasteiger partial charge in [0.2, 0.25) is 0 Å². The van der Waals surface area contributed by atoms with Gasteiger partial charge in [0.05, 0.1) is 17.7 Å². The number of Topliss-reactive ketones (excluding diaryl/α,β-unsaturated/α-hetero) is 1. The van der Waals surface area contributed by atoms with E-state index < -0.39 is 0 Å². The van der Waals surface area contributed by atoms with Gasteiger partial charge in [0, 0.05) is 16.1 Å². The van der Waals surface area contributed by atoms with Crippen molar-refractivity contribution in [2.75, 3.05) is 12.9 Å². The number of thiophene rings is 1. The molecule has 2 aromatic carbocycles. The molecule has 0 amide bonds. The molecule has 2 aromatic heterocycles. The van der Waals surface area contributed by atoms with E-state index in [9.17, 15) is 4.79 Å². The van der Waals surface area contributed by atoms with E-state index in [1.807, 2.05) is 78.2 Å². The summed E-state index contributed by atoms with van der Waals surface area (Å²) < 4.78 is 7.33. The second-order valence-corrected chi connectivity index (χ2v) is 8.56. The first-order valence-corrected chi connectivity index (χ1v) is 10.8. The van der Waals surface area contributed by atoms with Crippen molar-refractivity contribution in [1.82, 2.24) is 14.8 Å². The van der Waals surface area contributed by atoms with Gasteiger partial charge in [0.15, 0.2) is 16.8 Å². The highest BCUT2D eigenvalue weighted by Gasteiger charge is 2.18. The molecule has 7 heteroatoms. The van der Waals surface area contributed by atoms with Crippen LogP contribution in [0.2, 0.25) is 0 Å². The first-order valence-electron chi connectivity index (χ1n) is 9.03. The second-order valence-electron chi connectivity index (χ2n) is 6.33. The van der Waals surface area contributed by atoms with Crippen LogP contribution in [0.4, 0.5) is 0 Å². The fraction of sp³-hybridized carbons (Fsp3) is 0.136. The molecule has 5 nitrogen and oxygen atoms in total. The number of ether oxygens (including phenoxy) is 1. The highest BCUT2D eigenvalue weighted by Crippen LogP contribution is 2.30. The summed E-state index contributed by atoms with van der Waals surface area (Å²) in [6.07, 6.45) is 0. The van der Waals surface area contributed by atoms with E-state index in [0.717, 1.165) is 26.8 Å². The van der Waals surface area contributed by atoms with E-state index >= 15 is 0 Å². The number of carbonyl (C=O) groups is 1. The summed E-state index contributed by atoms with van der Waals surface area (Å²) in [6.45, 7) is 2.00. The van der Waals surface area contributed by atoms with Crippen LogP contribution in [0.3, 0.4) is 0 Å². The third-order valence-electron chi connectivity index (χ3n) is 4.32. The number of thioether (sulfide) groups is 1. The topological polar surface area (TPSA) is 57.0 Å². The lowest BCUT2D eigenvalue weighted by Gasteiger charge is -2.10.